The Morgan fingerprint density at radius 3 is 2.66 bits per heavy atom. The number of hydrogen-bond acceptors (Lipinski definition) is 5. The Morgan fingerprint density at radius 1 is 1.14 bits per heavy atom. The third kappa shape index (κ3) is 4.42. The van der Waals surface area contributed by atoms with Crippen LogP contribution in [0.2, 0.25) is 0 Å². The zero-order valence-corrected chi connectivity index (χ0v) is 15.4. The molecule has 0 radical (unpaired) electrons. The second-order valence-corrected chi connectivity index (χ2v) is 7.03. The van der Waals surface area contributed by atoms with Crippen molar-refractivity contribution in [1.82, 2.24) is 14.6 Å². The van der Waals surface area contributed by atoms with E-state index in [0.29, 0.717) is 22.7 Å². The number of anilines is 1. The van der Waals surface area contributed by atoms with Crippen LogP contribution in [0.3, 0.4) is 0 Å². The molecule has 0 amide bonds. The highest BCUT2D eigenvalue weighted by atomic mass is 19.4. The lowest BCUT2D eigenvalue weighted by Gasteiger charge is -2.26. The van der Waals surface area contributed by atoms with Crippen molar-refractivity contribution in [3.05, 3.63) is 42.6 Å². The van der Waals surface area contributed by atoms with Crippen molar-refractivity contribution >= 4 is 11.5 Å². The van der Waals surface area contributed by atoms with Crippen LogP contribution in [-0.4, -0.2) is 27.0 Å². The monoisotopic (exact) mass is 401 g/mol. The van der Waals surface area contributed by atoms with Crippen molar-refractivity contribution in [2.24, 2.45) is 5.92 Å². The minimum Gasteiger partial charge on any atom is -0.406 e. The first-order valence-corrected chi connectivity index (χ1v) is 9.28. The third-order valence-corrected chi connectivity index (χ3v) is 4.99. The maximum atomic E-state index is 12.5. The summed E-state index contributed by atoms with van der Waals surface area (Å²) in [4.78, 5) is 4.28. The van der Waals surface area contributed by atoms with E-state index in [4.69, 9.17) is 5.26 Å². The molecule has 9 heteroatoms. The second kappa shape index (κ2) is 7.62. The van der Waals surface area contributed by atoms with E-state index in [1.165, 1.54) is 18.2 Å². The molecule has 1 fully saturated rings. The quantitative estimate of drug-likeness (QED) is 0.680. The van der Waals surface area contributed by atoms with Crippen molar-refractivity contribution < 1.29 is 17.9 Å². The molecule has 0 aliphatic heterocycles. The average Bonchev–Trinajstić information content (AvgIpc) is 3.11. The number of rotatable bonds is 4. The van der Waals surface area contributed by atoms with Gasteiger partial charge in [-0.25, -0.2) is 9.50 Å². The summed E-state index contributed by atoms with van der Waals surface area (Å²) in [5, 5.41) is 17.0. The highest BCUT2D eigenvalue weighted by Crippen LogP contribution is 2.29. The van der Waals surface area contributed by atoms with Crippen LogP contribution in [0.5, 0.6) is 5.75 Å². The zero-order valence-electron chi connectivity index (χ0n) is 15.4. The molecule has 6 nitrogen and oxygen atoms in total. The van der Waals surface area contributed by atoms with Crippen molar-refractivity contribution in [2.75, 3.05) is 5.32 Å². The van der Waals surface area contributed by atoms with Gasteiger partial charge in [-0.1, -0.05) is 12.1 Å². The largest absolute Gasteiger partial charge is 0.573 e. The Labute approximate surface area is 164 Å². The van der Waals surface area contributed by atoms with Gasteiger partial charge in [-0.2, -0.15) is 5.26 Å². The highest BCUT2D eigenvalue weighted by Gasteiger charge is 2.31. The molecule has 0 saturated heterocycles. The standard InChI is InChI=1S/C20H18F3N5O/c21-20(22,23)29-16-3-1-2-14(10-16)17-12-25-19-9-8-18(27-28(17)19)26-15-6-4-13(11-24)5-7-15/h1-3,8-10,12-13,15H,4-7H2,(H,26,27). The fraction of sp³-hybridized carbons (Fsp3) is 0.350. The molecule has 29 heavy (non-hydrogen) atoms. The number of nitrogens with zero attached hydrogens (tertiary/aromatic N) is 4. The van der Waals surface area contributed by atoms with Crippen molar-refractivity contribution in [3.63, 3.8) is 0 Å². The molecule has 2 aromatic heterocycles. The van der Waals surface area contributed by atoms with Crippen LogP contribution in [0.15, 0.2) is 42.6 Å². The summed E-state index contributed by atoms with van der Waals surface area (Å²) < 4.78 is 43.1. The van der Waals surface area contributed by atoms with E-state index in [0.717, 1.165) is 25.7 Å². The minimum absolute atomic E-state index is 0.120. The van der Waals surface area contributed by atoms with Gasteiger partial charge in [0.2, 0.25) is 0 Å². The predicted octanol–water partition coefficient (Wildman–Crippen LogP) is 4.79. The minimum atomic E-state index is -4.75. The smallest absolute Gasteiger partial charge is 0.406 e. The maximum Gasteiger partial charge on any atom is 0.573 e. The van der Waals surface area contributed by atoms with Crippen LogP contribution in [-0.2, 0) is 0 Å². The molecule has 1 aromatic carbocycles. The number of benzene rings is 1. The lowest BCUT2D eigenvalue weighted by molar-refractivity contribution is -0.274. The highest BCUT2D eigenvalue weighted by molar-refractivity contribution is 5.65. The molecule has 4 rings (SSSR count). The summed E-state index contributed by atoms with van der Waals surface area (Å²) in [6.07, 6.45) is 0.323. The topological polar surface area (TPSA) is 75.2 Å². The molecule has 0 unspecified atom stereocenters. The fourth-order valence-electron chi connectivity index (χ4n) is 3.58. The number of imidazole rings is 1. The molecule has 2 heterocycles. The van der Waals surface area contributed by atoms with E-state index in [1.807, 2.05) is 6.07 Å². The van der Waals surface area contributed by atoms with Crippen molar-refractivity contribution in [2.45, 2.75) is 38.1 Å². The summed E-state index contributed by atoms with van der Waals surface area (Å²) in [7, 11) is 0. The van der Waals surface area contributed by atoms with Crippen LogP contribution < -0.4 is 10.1 Å². The van der Waals surface area contributed by atoms with Gasteiger partial charge >= 0.3 is 6.36 Å². The molecule has 0 spiro atoms. The number of hydrogen-bond donors (Lipinski definition) is 1. The lowest BCUT2D eigenvalue weighted by Crippen LogP contribution is -2.26. The molecular weight excluding hydrogens is 383 g/mol. The van der Waals surface area contributed by atoms with E-state index in [2.05, 4.69) is 26.2 Å². The van der Waals surface area contributed by atoms with Gasteiger partial charge in [0.25, 0.3) is 0 Å². The molecule has 3 aromatic rings. The van der Waals surface area contributed by atoms with Gasteiger partial charge in [0.05, 0.1) is 18.0 Å². The molecule has 0 bridgehead atoms. The van der Waals surface area contributed by atoms with Crippen LogP contribution in [0.4, 0.5) is 19.0 Å². The molecule has 1 saturated carbocycles. The van der Waals surface area contributed by atoms with E-state index in [-0.39, 0.29) is 17.7 Å². The summed E-state index contributed by atoms with van der Waals surface area (Å²) in [6.45, 7) is 0. The summed E-state index contributed by atoms with van der Waals surface area (Å²) in [5.41, 5.74) is 1.66. The Morgan fingerprint density at radius 2 is 1.93 bits per heavy atom. The molecular formula is C20H18F3N5O. The summed E-state index contributed by atoms with van der Waals surface area (Å²) >= 11 is 0. The number of fused-ring (bicyclic) bond motifs is 1. The molecule has 1 aliphatic rings. The van der Waals surface area contributed by atoms with Gasteiger partial charge in [-0.15, -0.1) is 18.3 Å². The first-order valence-electron chi connectivity index (χ1n) is 9.28. The first-order chi connectivity index (χ1) is 13.9. The van der Waals surface area contributed by atoms with E-state index < -0.39 is 6.36 Å². The molecule has 0 atom stereocenters. The Kier molecular flexibility index (Phi) is 5.01. The number of ether oxygens (including phenoxy) is 1. The van der Waals surface area contributed by atoms with Gasteiger partial charge in [-0.05, 0) is 49.9 Å². The predicted molar refractivity (Wildman–Crippen MR) is 100 cm³/mol. The van der Waals surface area contributed by atoms with Gasteiger partial charge in [0, 0.05) is 17.5 Å². The maximum absolute atomic E-state index is 12.5. The first kappa shape index (κ1) is 19.1. The molecule has 1 aliphatic carbocycles. The normalized spacial score (nSPS) is 19.7. The second-order valence-electron chi connectivity index (χ2n) is 7.03. The number of nitrogens with one attached hydrogen (secondary N) is 1. The van der Waals surface area contributed by atoms with Crippen molar-refractivity contribution in [1.29, 1.82) is 5.26 Å². The summed E-state index contributed by atoms with van der Waals surface area (Å²) in [6, 6.07) is 11.9. The van der Waals surface area contributed by atoms with Crippen LogP contribution in [0.25, 0.3) is 16.9 Å². The van der Waals surface area contributed by atoms with Crippen LogP contribution in [0, 0.1) is 17.2 Å². The average molecular weight is 401 g/mol. The van der Waals surface area contributed by atoms with Crippen molar-refractivity contribution in [3.8, 4) is 23.1 Å². The number of alkyl halides is 3. The molecule has 1 N–H and O–H groups in total. The Bertz CT molecular complexity index is 1050. The van der Waals surface area contributed by atoms with Gasteiger partial charge in [0.15, 0.2) is 5.65 Å². The third-order valence-electron chi connectivity index (χ3n) is 4.99. The zero-order chi connectivity index (χ0) is 20.4. The van der Waals surface area contributed by atoms with Crippen LogP contribution in [0.1, 0.15) is 25.7 Å². The van der Waals surface area contributed by atoms with Gasteiger partial charge in [-0.3, -0.25) is 0 Å². The number of halogens is 3. The number of nitriles is 1. The van der Waals surface area contributed by atoms with E-state index >= 15 is 0 Å². The molecule has 150 valence electrons. The van der Waals surface area contributed by atoms with Crippen LogP contribution >= 0.6 is 0 Å². The van der Waals surface area contributed by atoms with Gasteiger partial charge in [0.1, 0.15) is 11.6 Å². The fourth-order valence-corrected chi connectivity index (χ4v) is 3.58. The lowest BCUT2D eigenvalue weighted by atomic mass is 9.87. The Balaban J connectivity index is 1.58. The number of aromatic nitrogens is 3. The summed E-state index contributed by atoms with van der Waals surface area (Å²) in [5.74, 6) is 0.475. The van der Waals surface area contributed by atoms with Gasteiger partial charge < -0.3 is 10.1 Å². The van der Waals surface area contributed by atoms with E-state index in [1.54, 1.807) is 22.8 Å². The van der Waals surface area contributed by atoms with E-state index in [9.17, 15) is 13.2 Å². The SMILES string of the molecule is N#CC1CCC(Nc2ccc3ncc(-c4cccc(OC(F)(F)F)c4)n3n2)CC1. The Hall–Kier alpha value is -3.28.